The van der Waals surface area contributed by atoms with E-state index in [-0.39, 0.29) is 11.9 Å². The van der Waals surface area contributed by atoms with Crippen LogP contribution in [0.2, 0.25) is 0 Å². The second-order valence-corrected chi connectivity index (χ2v) is 4.70. The summed E-state index contributed by atoms with van der Waals surface area (Å²) in [5.74, 6) is 0.0608. The smallest absolute Gasteiger partial charge is 0.241 e. The van der Waals surface area contributed by atoms with E-state index in [1.807, 2.05) is 26.0 Å². The van der Waals surface area contributed by atoms with Crippen molar-refractivity contribution in [3.63, 3.8) is 0 Å². The fraction of sp³-hybridized carbons (Fsp3) is 0.533. The molecule has 1 rings (SSSR count). The standard InChI is InChI=1S/C15H24N2O/c1-6-17(7-2)13(5)15(18)16-14-9-8-11(3)10-12(14)4/h8-10,13H,6-7H2,1-5H3,(H,16,18). The molecule has 3 heteroatoms. The molecule has 0 heterocycles. The van der Waals surface area contributed by atoms with Gasteiger partial charge in [-0.15, -0.1) is 0 Å². The average Bonchev–Trinajstić information content (AvgIpc) is 2.34. The highest BCUT2D eigenvalue weighted by Crippen LogP contribution is 2.16. The number of amides is 1. The van der Waals surface area contributed by atoms with Crippen LogP contribution in [0.5, 0.6) is 0 Å². The summed E-state index contributed by atoms with van der Waals surface area (Å²) in [6.07, 6.45) is 0. The van der Waals surface area contributed by atoms with Gasteiger partial charge in [-0.2, -0.15) is 0 Å². The number of hydrogen-bond donors (Lipinski definition) is 1. The van der Waals surface area contributed by atoms with Crippen LogP contribution in [-0.4, -0.2) is 29.9 Å². The molecule has 0 saturated heterocycles. The molecule has 3 nitrogen and oxygen atoms in total. The lowest BCUT2D eigenvalue weighted by molar-refractivity contribution is -0.120. The predicted molar refractivity (Wildman–Crippen MR) is 76.9 cm³/mol. The van der Waals surface area contributed by atoms with Crippen molar-refractivity contribution in [2.24, 2.45) is 0 Å². The molecule has 1 aromatic carbocycles. The van der Waals surface area contributed by atoms with Crippen LogP contribution in [0.25, 0.3) is 0 Å². The third-order valence-electron chi connectivity index (χ3n) is 3.38. The molecule has 0 aliphatic rings. The molecule has 1 unspecified atom stereocenters. The van der Waals surface area contributed by atoms with Gasteiger partial charge in [-0.3, -0.25) is 9.69 Å². The fourth-order valence-corrected chi connectivity index (χ4v) is 2.13. The number of nitrogens with zero attached hydrogens (tertiary/aromatic N) is 1. The first-order valence-electron chi connectivity index (χ1n) is 6.61. The highest BCUT2D eigenvalue weighted by atomic mass is 16.2. The molecule has 0 aliphatic heterocycles. The van der Waals surface area contributed by atoms with Crippen LogP contribution >= 0.6 is 0 Å². The van der Waals surface area contributed by atoms with Crippen LogP contribution in [-0.2, 0) is 4.79 Å². The fourth-order valence-electron chi connectivity index (χ4n) is 2.13. The highest BCUT2D eigenvalue weighted by molar-refractivity contribution is 5.95. The van der Waals surface area contributed by atoms with Crippen LogP contribution in [0.3, 0.4) is 0 Å². The van der Waals surface area contributed by atoms with Gasteiger partial charge in [-0.25, -0.2) is 0 Å². The third-order valence-corrected chi connectivity index (χ3v) is 3.38. The van der Waals surface area contributed by atoms with E-state index in [0.717, 1.165) is 24.3 Å². The van der Waals surface area contributed by atoms with E-state index in [0.29, 0.717) is 0 Å². The molecule has 1 aromatic rings. The molecule has 0 spiro atoms. The van der Waals surface area contributed by atoms with Gasteiger partial charge in [0.15, 0.2) is 0 Å². The maximum atomic E-state index is 12.2. The van der Waals surface area contributed by atoms with Crippen LogP contribution in [0, 0.1) is 13.8 Å². The Labute approximate surface area is 110 Å². The summed E-state index contributed by atoms with van der Waals surface area (Å²) in [5.41, 5.74) is 3.22. The monoisotopic (exact) mass is 248 g/mol. The van der Waals surface area contributed by atoms with Gasteiger partial charge in [-0.1, -0.05) is 31.5 Å². The molecule has 0 aliphatic carbocycles. The summed E-state index contributed by atoms with van der Waals surface area (Å²) in [6.45, 7) is 11.9. The molecule has 0 radical (unpaired) electrons. The van der Waals surface area contributed by atoms with Gasteiger partial charge < -0.3 is 5.32 Å². The maximum absolute atomic E-state index is 12.2. The average molecular weight is 248 g/mol. The van der Waals surface area contributed by atoms with E-state index in [1.165, 1.54) is 5.56 Å². The first-order valence-corrected chi connectivity index (χ1v) is 6.61. The number of rotatable bonds is 5. The van der Waals surface area contributed by atoms with Crippen molar-refractivity contribution in [3.8, 4) is 0 Å². The van der Waals surface area contributed by atoms with Crippen molar-refractivity contribution in [3.05, 3.63) is 29.3 Å². The quantitative estimate of drug-likeness (QED) is 0.869. The number of aryl methyl sites for hydroxylation is 2. The lowest BCUT2D eigenvalue weighted by Crippen LogP contribution is -2.41. The van der Waals surface area contributed by atoms with E-state index in [2.05, 4.69) is 37.1 Å². The molecule has 18 heavy (non-hydrogen) atoms. The Morgan fingerprint density at radius 3 is 2.39 bits per heavy atom. The van der Waals surface area contributed by atoms with Crippen molar-refractivity contribution in [1.29, 1.82) is 0 Å². The summed E-state index contributed by atoms with van der Waals surface area (Å²) in [4.78, 5) is 14.3. The van der Waals surface area contributed by atoms with Crippen molar-refractivity contribution in [2.75, 3.05) is 18.4 Å². The van der Waals surface area contributed by atoms with E-state index in [9.17, 15) is 4.79 Å². The van der Waals surface area contributed by atoms with Gasteiger partial charge in [0.25, 0.3) is 0 Å². The van der Waals surface area contributed by atoms with Gasteiger partial charge >= 0.3 is 0 Å². The lowest BCUT2D eigenvalue weighted by Gasteiger charge is -2.25. The molecule has 0 aromatic heterocycles. The summed E-state index contributed by atoms with van der Waals surface area (Å²) in [6, 6.07) is 5.97. The lowest BCUT2D eigenvalue weighted by atomic mass is 10.1. The SMILES string of the molecule is CCN(CC)C(C)C(=O)Nc1ccc(C)cc1C. The number of carbonyl (C=O) groups excluding carboxylic acids is 1. The minimum Gasteiger partial charge on any atom is -0.324 e. The minimum atomic E-state index is -0.0966. The Morgan fingerprint density at radius 1 is 1.28 bits per heavy atom. The first kappa shape index (κ1) is 14.7. The van der Waals surface area contributed by atoms with Gasteiger partial charge in [0.1, 0.15) is 0 Å². The molecular formula is C15H24N2O. The number of nitrogens with one attached hydrogen (secondary N) is 1. The van der Waals surface area contributed by atoms with E-state index < -0.39 is 0 Å². The van der Waals surface area contributed by atoms with Crippen molar-refractivity contribution in [2.45, 2.75) is 40.7 Å². The molecule has 1 N–H and O–H groups in total. The zero-order valence-corrected chi connectivity index (χ0v) is 12.1. The molecule has 100 valence electrons. The Hall–Kier alpha value is -1.35. The number of hydrogen-bond acceptors (Lipinski definition) is 2. The number of benzene rings is 1. The van der Waals surface area contributed by atoms with Gasteiger partial charge in [0, 0.05) is 5.69 Å². The number of likely N-dealkylation sites (N-methyl/N-ethyl adjacent to an activating group) is 1. The van der Waals surface area contributed by atoms with Crippen LogP contribution in [0.15, 0.2) is 18.2 Å². The van der Waals surface area contributed by atoms with E-state index in [4.69, 9.17) is 0 Å². The topological polar surface area (TPSA) is 32.3 Å². The minimum absolute atomic E-state index is 0.0608. The number of carbonyl (C=O) groups is 1. The Kier molecular flexibility index (Phi) is 5.35. The summed E-state index contributed by atoms with van der Waals surface area (Å²) >= 11 is 0. The second-order valence-electron chi connectivity index (χ2n) is 4.70. The summed E-state index contributed by atoms with van der Waals surface area (Å²) < 4.78 is 0. The van der Waals surface area contributed by atoms with E-state index in [1.54, 1.807) is 0 Å². The Balaban J connectivity index is 2.75. The van der Waals surface area contributed by atoms with Gasteiger partial charge in [0.2, 0.25) is 5.91 Å². The molecular weight excluding hydrogens is 224 g/mol. The largest absolute Gasteiger partial charge is 0.324 e. The van der Waals surface area contributed by atoms with Gasteiger partial charge in [-0.05, 0) is 45.5 Å². The summed E-state index contributed by atoms with van der Waals surface area (Å²) in [5, 5.41) is 3.01. The van der Waals surface area contributed by atoms with Crippen LogP contribution in [0.4, 0.5) is 5.69 Å². The normalized spacial score (nSPS) is 12.6. The maximum Gasteiger partial charge on any atom is 0.241 e. The molecule has 1 atom stereocenters. The first-order chi connectivity index (χ1) is 8.49. The molecule has 0 bridgehead atoms. The Bertz CT molecular complexity index is 411. The van der Waals surface area contributed by atoms with Crippen LogP contribution in [0.1, 0.15) is 31.9 Å². The van der Waals surface area contributed by atoms with Gasteiger partial charge in [0.05, 0.1) is 6.04 Å². The van der Waals surface area contributed by atoms with Crippen molar-refractivity contribution in [1.82, 2.24) is 4.90 Å². The zero-order valence-electron chi connectivity index (χ0n) is 12.1. The molecule has 0 fully saturated rings. The van der Waals surface area contributed by atoms with E-state index >= 15 is 0 Å². The zero-order chi connectivity index (χ0) is 13.7. The summed E-state index contributed by atoms with van der Waals surface area (Å²) in [7, 11) is 0. The highest BCUT2D eigenvalue weighted by Gasteiger charge is 2.18. The molecule has 1 amide bonds. The van der Waals surface area contributed by atoms with Crippen molar-refractivity contribution < 1.29 is 4.79 Å². The Morgan fingerprint density at radius 2 is 1.89 bits per heavy atom. The second kappa shape index (κ2) is 6.55. The van der Waals surface area contributed by atoms with Crippen LogP contribution < -0.4 is 5.32 Å². The molecule has 0 saturated carbocycles. The predicted octanol–water partition coefficient (Wildman–Crippen LogP) is 2.97. The number of anilines is 1. The third kappa shape index (κ3) is 3.57. The van der Waals surface area contributed by atoms with Crippen molar-refractivity contribution >= 4 is 11.6 Å².